The third kappa shape index (κ3) is 5.80. The van der Waals surface area contributed by atoms with Gasteiger partial charge in [0.05, 0.1) is 0 Å². The molecule has 1 saturated carbocycles. The number of rotatable bonds is 6. The maximum atomic E-state index is 10.6. The Kier molecular flexibility index (Phi) is 6.80. The second-order valence-electron chi connectivity index (χ2n) is 6.50. The van der Waals surface area contributed by atoms with Gasteiger partial charge in [0.2, 0.25) is 0 Å². The molecule has 2 rings (SSSR count). The molecule has 1 heterocycles. The van der Waals surface area contributed by atoms with Crippen molar-refractivity contribution in [2.75, 3.05) is 39.3 Å². The molecule has 0 bridgehead atoms. The van der Waals surface area contributed by atoms with Crippen LogP contribution < -0.4 is 0 Å². The van der Waals surface area contributed by atoms with Gasteiger partial charge in [0.1, 0.15) is 0 Å². The first-order valence-electron chi connectivity index (χ1n) is 8.40. The van der Waals surface area contributed by atoms with Gasteiger partial charge in [0, 0.05) is 26.1 Å². The first-order chi connectivity index (χ1) is 9.74. The zero-order valence-corrected chi connectivity index (χ0v) is 12.7. The maximum absolute atomic E-state index is 10.6. The smallest absolute Gasteiger partial charge is 0.303 e. The van der Waals surface area contributed by atoms with E-state index < -0.39 is 5.97 Å². The van der Waals surface area contributed by atoms with E-state index in [4.69, 9.17) is 5.11 Å². The maximum Gasteiger partial charge on any atom is 0.303 e. The van der Waals surface area contributed by atoms with Crippen molar-refractivity contribution in [2.24, 2.45) is 5.92 Å². The van der Waals surface area contributed by atoms with Gasteiger partial charge in [-0.3, -0.25) is 4.79 Å². The highest BCUT2D eigenvalue weighted by Crippen LogP contribution is 2.24. The van der Waals surface area contributed by atoms with Gasteiger partial charge in [0.25, 0.3) is 0 Å². The molecule has 0 aromatic rings. The lowest BCUT2D eigenvalue weighted by molar-refractivity contribution is -0.137. The minimum atomic E-state index is -0.668. The summed E-state index contributed by atoms with van der Waals surface area (Å²) in [5.74, 6) is 0.265. The summed E-state index contributed by atoms with van der Waals surface area (Å²) < 4.78 is 0. The molecule has 2 aliphatic rings. The Hall–Kier alpha value is -0.610. The largest absolute Gasteiger partial charge is 0.481 e. The molecule has 1 aliphatic heterocycles. The topological polar surface area (TPSA) is 43.8 Å². The molecule has 2 fully saturated rings. The second-order valence-corrected chi connectivity index (χ2v) is 6.50. The quantitative estimate of drug-likeness (QED) is 0.812. The summed E-state index contributed by atoms with van der Waals surface area (Å²) in [4.78, 5) is 15.6. The molecule has 0 radical (unpaired) electrons. The van der Waals surface area contributed by atoms with Crippen molar-refractivity contribution >= 4 is 5.97 Å². The monoisotopic (exact) mass is 282 g/mol. The number of hydrogen-bond acceptors (Lipinski definition) is 3. The molecule has 4 nitrogen and oxygen atoms in total. The van der Waals surface area contributed by atoms with E-state index in [0.29, 0.717) is 6.42 Å². The van der Waals surface area contributed by atoms with E-state index >= 15 is 0 Å². The molecule has 1 N–H and O–H groups in total. The lowest BCUT2D eigenvalue weighted by atomic mass is 9.89. The average Bonchev–Trinajstić information content (AvgIpc) is 2.65. The molecule has 0 unspecified atom stereocenters. The third-order valence-corrected chi connectivity index (χ3v) is 4.79. The minimum Gasteiger partial charge on any atom is -0.481 e. The molecular weight excluding hydrogens is 252 g/mol. The number of carboxylic acids is 1. The highest BCUT2D eigenvalue weighted by Gasteiger charge is 2.20. The van der Waals surface area contributed by atoms with Crippen molar-refractivity contribution in [3.63, 3.8) is 0 Å². The Balaban J connectivity index is 1.64. The fourth-order valence-corrected chi connectivity index (χ4v) is 3.62. The molecule has 1 saturated heterocycles. The summed E-state index contributed by atoms with van der Waals surface area (Å²) in [5, 5.41) is 8.70. The van der Waals surface area contributed by atoms with Crippen molar-refractivity contribution in [1.82, 2.24) is 9.80 Å². The Bertz CT molecular complexity index is 290. The number of carboxylic acid groups (broad SMARTS) is 1. The molecule has 1 aliphatic carbocycles. The summed E-state index contributed by atoms with van der Waals surface area (Å²) in [6.07, 6.45) is 9.49. The van der Waals surface area contributed by atoms with Crippen molar-refractivity contribution in [3.05, 3.63) is 0 Å². The molecular formula is C16H30N2O2. The van der Waals surface area contributed by atoms with Crippen LogP contribution in [0.4, 0.5) is 0 Å². The van der Waals surface area contributed by atoms with Crippen LogP contribution in [0.3, 0.4) is 0 Å². The van der Waals surface area contributed by atoms with Gasteiger partial charge in [-0.05, 0) is 51.2 Å². The Labute approximate surface area is 123 Å². The van der Waals surface area contributed by atoms with E-state index in [-0.39, 0.29) is 0 Å². The first-order valence-corrected chi connectivity index (χ1v) is 8.40. The van der Waals surface area contributed by atoms with E-state index in [1.165, 1.54) is 58.2 Å². The second kappa shape index (κ2) is 8.63. The molecule has 0 spiro atoms. The number of nitrogens with zero attached hydrogens (tertiary/aromatic N) is 2. The van der Waals surface area contributed by atoms with Crippen LogP contribution in [-0.2, 0) is 4.79 Å². The fourth-order valence-electron chi connectivity index (χ4n) is 3.62. The summed E-state index contributed by atoms with van der Waals surface area (Å²) in [5.41, 5.74) is 0. The fraction of sp³-hybridized carbons (Fsp3) is 0.938. The van der Waals surface area contributed by atoms with E-state index in [1.54, 1.807) is 0 Å². The van der Waals surface area contributed by atoms with Crippen LogP contribution in [0.1, 0.15) is 51.4 Å². The van der Waals surface area contributed by atoms with Gasteiger partial charge >= 0.3 is 5.97 Å². The third-order valence-electron chi connectivity index (χ3n) is 4.79. The SMILES string of the molecule is O=C(O)CCCN1CCCN(CC2CCCCC2)CC1. The van der Waals surface area contributed by atoms with Crippen molar-refractivity contribution in [1.29, 1.82) is 0 Å². The van der Waals surface area contributed by atoms with E-state index in [9.17, 15) is 4.79 Å². The summed E-state index contributed by atoms with van der Waals surface area (Å²) >= 11 is 0. The van der Waals surface area contributed by atoms with Gasteiger partial charge in [-0.2, -0.15) is 0 Å². The molecule has 0 aromatic carbocycles. The van der Waals surface area contributed by atoms with E-state index in [1.807, 2.05) is 0 Å². The van der Waals surface area contributed by atoms with Gasteiger partial charge < -0.3 is 14.9 Å². The Morgan fingerprint density at radius 2 is 1.65 bits per heavy atom. The first kappa shape index (κ1) is 15.8. The number of hydrogen-bond donors (Lipinski definition) is 1. The molecule has 116 valence electrons. The normalized spacial score (nSPS) is 23.6. The van der Waals surface area contributed by atoms with Crippen LogP contribution in [0.25, 0.3) is 0 Å². The van der Waals surface area contributed by atoms with Crippen molar-refractivity contribution < 1.29 is 9.90 Å². The molecule has 0 atom stereocenters. The van der Waals surface area contributed by atoms with Crippen LogP contribution in [0.15, 0.2) is 0 Å². The standard InChI is InChI=1S/C16H30N2O2/c19-16(20)8-4-9-17-10-5-11-18(13-12-17)14-15-6-2-1-3-7-15/h15H,1-14H2,(H,19,20). The van der Waals surface area contributed by atoms with Crippen LogP contribution in [0, 0.1) is 5.92 Å². The van der Waals surface area contributed by atoms with Crippen molar-refractivity contribution in [3.8, 4) is 0 Å². The summed E-state index contributed by atoms with van der Waals surface area (Å²) in [7, 11) is 0. The summed E-state index contributed by atoms with van der Waals surface area (Å²) in [6.45, 7) is 6.90. The minimum absolute atomic E-state index is 0.308. The molecule has 0 amide bonds. The molecule has 20 heavy (non-hydrogen) atoms. The zero-order valence-electron chi connectivity index (χ0n) is 12.7. The van der Waals surface area contributed by atoms with Gasteiger partial charge in [-0.25, -0.2) is 0 Å². The lowest BCUT2D eigenvalue weighted by Crippen LogP contribution is -2.34. The van der Waals surface area contributed by atoms with Gasteiger partial charge in [-0.1, -0.05) is 19.3 Å². The van der Waals surface area contributed by atoms with Crippen LogP contribution in [0.5, 0.6) is 0 Å². The summed E-state index contributed by atoms with van der Waals surface area (Å²) in [6, 6.07) is 0. The lowest BCUT2D eigenvalue weighted by Gasteiger charge is -2.28. The predicted molar refractivity (Wildman–Crippen MR) is 80.9 cm³/mol. The van der Waals surface area contributed by atoms with Crippen LogP contribution in [0.2, 0.25) is 0 Å². The van der Waals surface area contributed by atoms with E-state index in [2.05, 4.69) is 9.80 Å². The molecule has 4 heteroatoms. The Morgan fingerprint density at radius 1 is 0.950 bits per heavy atom. The van der Waals surface area contributed by atoms with Gasteiger partial charge in [0.15, 0.2) is 0 Å². The predicted octanol–water partition coefficient (Wildman–Crippen LogP) is 2.44. The van der Waals surface area contributed by atoms with Gasteiger partial charge in [-0.15, -0.1) is 0 Å². The zero-order chi connectivity index (χ0) is 14.2. The Morgan fingerprint density at radius 3 is 2.40 bits per heavy atom. The number of carbonyl (C=O) groups is 1. The van der Waals surface area contributed by atoms with Crippen molar-refractivity contribution in [2.45, 2.75) is 51.4 Å². The van der Waals surface area contributed by atoms with E-state index in [0.717, 1.165) is 32.0 Å². The highest BCUT2D eigenvalue weighted by atomic mass is 16.4. The molecule has 0 aromatic heterocycles. The van der Waals surface area contributed by atoms with Crippen LogP contribution in [-0.4, -0.2) is 60.1 Å². The average molecular weight is 282 g/mol. The van der Waals surface area contributed by atoms with Crippen LogP contribution >= 0.6 is 0 Å². The highest BCUT2D eigenvalue weighted by molar-refractivity contribution is 5.66. The number of aliphatic carboxylic acids is 1.